The predicted molar refractivity (Wildman–Crippen MR) is 90.9 cm³/mol. The number of benzene rings is 1. The van der Waals surface area contributed by atoms with E-state index in [1.807, 2.05) is 13.8 Å². The van der Waals surface area contributed by atoms with E-state index >= 15 is 0 Å². The normalized spacial score (nSPS) is 11.6. The van der Waals surface area contributed by atoms with Gasteiger partial charge in [-0.05, 0) is 38.0 Å². The second kappa shape index (κ2) is 7.27. The fourth-order valence-corrected chi connectivity index (χ4v) is 2.64. The summed E-state index contributed by atoms with van der Waals surface area (Å²) in [6.07, 6.45) is 1.43. The molecule has 0 aliphatic heterocycles. The van der Waals surface area contributed by atoms with Crippen molar-refractivity contribution in [2.45, 2.75) is 39.2 Å². The molecule has 0 aliphatic carbocycles. The molecule has 0 saturated heterocycles. The Morgan fingerprint density at radius 1 is 1.42 bits per heavy atom. The number of amides is 1. The first-order valence-electron chi connectivity index (χ1n) is 7.77. The largest absolute Gasteiger partial charge is 0.344 e. The van der Waals surface area contributed by atoms with E-state index in [1.165, 1.54) is 22.9 Å². The van der Waals surface area contributed by atoms with E-state index < -0.39 is 11.4 Å². The molecule has 24 heavy (non-hydrogen) atoms. The molecule has 0 spiro atoms. The topological polar surface area (TPSA) is 85.8 Å². The van der Waals surface area contributed by atoms with Gasteiger partial charge in [-0.3, -0.25) is 4.79 Å². The third kappa shape index (κ3) is 3.42. The smallest absolute Gasteiger partial charge is 0.274 e. The van der Waals surface area contributed by atoms with Crippen molar-refractivity contribution in [3.8, 4) is 5.69 Å². The van der Waals surface area contributed by atoms with Gasteiger partial charge in [0.1, 0.15) is 5.82 Å². The van der Waals surface area contributed by atoms with Crippen LogP contribution in [0.2, 0.25) is 5.02 Å². The zero-order chi connectivity index (χ0) is 17.9. The highest BCUT2D eigenvalue weighted by Gasteiger charge is 2.29. The SMILES string of the molecule is CCC(CC)(CN)NC(=O)c1nnn(-c2ccc(F)c(Cl)c2)c1C. The average molecular weight is 354 g/mol. The molecule has 1 heterocycles. The summed E-state index contributed by atoms with van der Waals surface area (Å²) in [5, 5.41) is 10.9. The van der Waals surface area contributed by atoms with Crippen molar-refractivity contribution in [1.82, 2.24) is 20.3 Å². The second-order valence-electron chi connectivity index (χ2n) is 5.68. The number of nitrogens with one attached hydrogen (secondary N) is 1. The van der Waals surface area contributed by atoms with Crippen molar-refractivity contribution in [2.24, 2.45) is 5.73 Å². The molecule has 8 heteroatoms. The van der Waals surface area contributed by atoms with E-state index in [-0.39, 0.29) is 16.6 Å². The van der Waals surface area contributed by atoms with Gasteiger partial charge in [0.2, 0.25) is 0 Å². The number of hydrogen-bond acceptors (Lipinski definition) is 4. The van der Waals surface area contributed by atoms with E-state index in [9.17, 15) is 9.18 Å². The van der Waals surface area contributed by atoms with Gasteiger partial charge in [0, 0.05) is 6.54 Å². The summed E-state index contributed by atoms with van der Waals surface area (Å²) in [4.78, 5) is 12.6. The Bertz CT molecular complexity index is 734. The molecule has 0 bridgehead atoms. The Kier molecular flexibility index (Phi) is 5.56. The Hall–Kier alpha value is -1.99. The van der Waals surface area contributed by atoms with E-state index in [0.717, 1.165) is 0 Å². The van der Waals surface area contributed by atoms with Gasteiger partial charge in [-0.15, -0.1) is 5.10 Å². The van der Waals surface area contributed by atoms with Crippen molar-refractivity contribution in [3.63, 3.8) is 0 Å². The zero-order valence-electron chi connectivity index (χ0n) is 13.9. The van der Waals surface area contributed by atoms with Crippen LogP contribution >= 0.6 is 11.6 Å². The van der Waals surface area contributed by atoms with Crippen LogP contribution in [0.15, 0.2) is 18.2 Å². The van der Waals surface area contributed by atoms with E-state index in [2.05, 4.69) is 15.6 Å². The summed E-state index contributed by atoms with van der Waals surface area (Å²) in [7, 11) is 0. The van der Waals surface area contributed by atoms with Crippen LogP contribution in [-0.4, -0.2) is 33.0 Å². The van der Waals surface area contributed by atoms with Crippen LogP contribution in [0.5, 0.6) is 0 Å². The fraction of sp³-hybridized carbons (Fsp3) is 0.438. The highest BCUT2D eigenvalue weighted by molar-refractivity contribution is 6.30. The van der Waals surface area contributed by atoms with Gasteiger partial charge in [0.25, 0.3) is 5.91 Å². The minimum absolute atomic E-state index is 0.0208. The molecule has 0 unspecified atom stereocenters. The Morgan fingerprint density at radius 3 is 2.62 bits per heavy atom. The molecule has 0 aliphatic rings. The summed E-state index contributed by atoms with van der Waals surface area (Å²) in [5.41, 5.74) is 6.62. The maximum atomic E-state index is 13.3. The number of hydrogen-bond donors (Lipinski definition) is 2. The number of carbonyl (C=O) groups is 1. The van der Waals surface area contributed by atoms with Crippen LogP contribution in [0, 0.1) is 12.7 Å². The zero-order valence-corrected chi connectivity index (χ0v) is 14.7. The van der Waals surface area contributed by atoms with Crippen LogP contribution in [0.3, 0.4) is 0 Å². The first-order valence-corrected chi connectivity index (χ1v) is 8.15. The molecule has 2 rings (SSSR count). The number of nitrogens with two attached hydrogens (primary N) is 1. The minimum Gasteiger partial charge on any atom is -0.344 e. The van der Waals surface area contributed by atoms with Crippen LogP contribution < -0.4 is 11.1 Å². The van der Waals surface area contributed by atoms with Crippen molar-refractivity contribution in [2.75, 3.05) is 6.54 Å². The number of carbonyl (C=O) groups excluding carboxylic acids is 1. The van der Waals surface area contributed by atoms with E-state index in [1.54, 1.807) is 6.92 Å². The number of nitrogens with zero attached hydrogens (tertiary/aromatic N) is 3. The maximum absolute atomic E-state index is 13.3. The van der Waals surface area contributed by atoms with Gasteiger partial charge in [0.15, 0.2) is 5.69 Å². The number of rotatable bonds is 6. The lowest BCUT2D eigenvalue weighted by atomic mass is 9.92. The van der Waals surface area contributed by atoms with Crippen molar-refractivity contribution in [3.05, 3.63) is 40.4 Å². The summed E-state index contributed by atoms with van der Waals surface area (Å²) in [5.74, 6) is -0.851. The molecular formula is C16H21ClFN5O. The second-order valence-corrected chi connectivity index (χ2v) is 6.09. The van der Waals surface area contributed by atoms with Crippen molar-refractivity contribution < 1.29 is 9.18 Å². The lowest BCUT2D eigenvalue weighted by Crippen LogP contribution is -2.53. The Balaban J connectivity index is 2.32. The predicted octanol–water partition coefficient (Wildman–Crippen LogP) is 2.62. The van der Waals surface area contributed by atoms with Crippen LogP contribution in [0.1, 0.15) is 42.9 Å². The van der Waals surface area contributed by atoms with Crippen LogP contribution in [0.25, 0.3) is 5.69 Å². The Morgan fingerprint density at radius 2 is 2.08 bits per heavy atom. The molecule has 1 amide bonds. The first kappa shape index (κ1) is 18.4. The average Bonchev–Trinajstić information content (AvgIpc) is 2.97. The van der Waals surface area contributed by atoms with Gasteiger partial charge in [-0.2, -0.15) is 0 Å². The molecule has 2 aromatic rings. The highest BCUT2D eigenvalue weighted by atomic mass is 35.5. The molecule has 6 nitrogen and oxygen atoms in total. The molecule has 0 radical (unpaired) electrons. The quantitative estimate of drug-likeness (QED) is 0.835. The number of aromatic nitrogens is 3. The lowest BCUT2D eigenvalue weighted by Gasteiger charge is -2.31. The highest BCUT2D eigenvalue weighted by Crippen LogP contribution is 2.21. The summed E-state index contributed by atoms with van der Waals surface area (Å²) >= 11 is 5.80. The first-order chi connectivity index (χ1) is 11.4. The minimum atomic E-state index is -0.519. The number of halogens is 2. The van der Waals surface area contributed by atoms with Gasteiger partial charge in [-0.1, -0.05) is 30.7 Å². The maximum Gasteiger partial charge on any atom is 0.274 e. The van der Waals surface area contributed by atoms with E-state index in [0.29, 0.717) is 30.8 Å². The summed E-state index contributed by atoms with van der Waals surface area (Å²) in [6.45, 7) is 6.00. The fourth-order valence-electron chi connectivity index (χ4n) is 2.47. The third-order valence-electron chi connectivity index (χ3n) is 4.38. The Labute approximate surface area is 145 Å². The van der Waals surface area contributed by atoms with Crippen molar-refractivity contribution in [1.29, 1.82) is 0 Å². The van der Waals surface area contributed by atoms with Gasteiger partial charge >= 0.3 is 0 Å². The van der Waals surface area contributed by atoms with Gasteiger partial charge in [0.05, 0.1) is 21.9 Å². The molecule has 130 valence electrons. The molecule has 1 aromatic carbocycles. The van der Waals surface area contributed by atoms with Gasteiger partial charge in [-0.25, -0.2) is 9.07 Å². The third-order valence-corrected chi connectivity index (χ3v) is 4.67. The molecule has 1 aromatic heterocycles. The monoisotopic (exact) mass is 353 g/mol. The lowest BCUT2D eigenvalue weighted by molar-refractivity contribution is 0.0889. The summed E-state index contributed by atoms with van der Waals surface area (Å²) in [6, 6.07) is 4.20. The van der Waals surface area contributed by atoms with Crippen LogP contribution in [0.4, 0.5) is 4.39 Å². The molecule has 0 fully saturated rings. The van der Waals surface area contributed by atoms with Crippen molar-refractivity contribution >= 4 is 17.5 Å². The van der Waals surface area contributed by atoms with Crippen LogP contribution in [-0.2, 0) is 0 Å². The molecule has 0 saturated carbocycles. The van der Waals surface area contributed by atoms with E-state index in [4.69, 9.17) is 17.3 Å². The molecule has 0 atom stereocenters. The summed E-state index contributed by atoms with van der Waals surface area (Å²) < 4.78 is 14.7. The standard InChI is InChI=1S/C16H21ClFN5O/c1-4-16(5-2,9-19)20-15(24)14-10(3)23(22-21-14)11-6-7-13(18)12(17)8-11/h6-8H,4-5,9,19H2,1-3H3,(H,20,24). The molecule has 3 N–H and O–H groups in total. The van der Waals surface area contributed by atoms with Gasteiger partial charge < -0.3 is 11.1 Å². The molecular weight excluding hydrogens is 333 g/mol.